The molecule has 5 nitrogen and oxygen atoms in total. The Hall–Kier alpha value is -0.370. The molecular formula is C10H13Cl2NO4S. The summed E-state index contributed by atoms with van der Waals surface area (Å²) in [6.45, 7) is -0.989. The maximum Gasteiger partial charge on any atom is 0.246 e. The second kappa shape index (κ2) is 6.70. The third kappa shape index (κ3) is 3.34. The molecule has 1 rings (SSSR count). The van der Waals surface area contributed by atoms with Crippen molar-refractivity contribution < 1.29 is 18.6 Å². The molecule has 0 fully saturated rings. The highest BCUT2D eigenvalue weighted by atomic mass is 35.5. The molecule has 0 aromatic heterocycles. The molecule has 0 heterocycles. The van der Waals surface area contributed by atoms with Crippen LogP contribution in [0.5, 0.6) is 0 Å². The Morgan fingerprint density at radius 1 is 1.06 bits per heavy atom. The third-order valence-electron chi connectivity index (χ3n) is 2.22. The smallest absolute Gasteiger partial charge is 0.246 e. The zero-order valence-corrected chi connectivity index (χ0v) is 11.7. The van der Waals surface area contributed by atoms with Gasteiger partial charge in [0.15, 0.2) is 0 Å². The lowest BCUT2D eigenvalue weighted by atomic mass is 10.4. The van der Waals surface area contributed by atoms with Gasteiger partial charge in [0.05, 0.1) is 23.3 Å². The van der Waals surface area contributed by atoms with Crippen LogP contribution >= 0.6 is 23.2 Å². The largest absolute Gasteiger partial charge is 0.395 e. The van der Waals surface area contributed by atoms with Crippen molar-refractivity contribution in [2.75, 3.05) is 26.3 Å². The fraction of sp³-hybridized carbons (Fsp3) is 0.400. The van der Waals surface area contributed by atoms with Crippen molar-refractivity contribution in [2.45, 2.75) is 4.90 Å². The van der Waals surface area contributed by atoms with Gasteiger partial charge in [0.25, 0.3) is 0 Å². The van der Waals surface area contributed by atoms with Crippen LogP contribution in [-0.2, 0) is 10.0 Å². The van der Waals surface area contributed by atoms with Crippen molar-refractivity contribution in [1.82, 2.24) is 4.31 Å². The number of aliphatic hydroxyl groups excluding tert-OH is 2. The van der Waals surface area contributed by atoms with E-state index in [4.69, 9.17) is 33.4 Å². The minimum absolute atomic E-state index is 0.00313. The Bertz CT molecular complexity index is 480. The predicted molar refractivity (Wildman–Crippen MR) is 69.4 cm³/mol. The molecule has 0 aliphatic heterocycles. The van der Waals surface area contributed by atoms with Crippen molar-refractivity contribution in [3.8, 4) is 0 Å². The molecule has 8 heteroatoms. The first kappa shape index (κ1) is 15.7. The number of rotatable bonds is 6. The van der Waals surface area contributed by atoms with Gasteiger partial charge >= 0.3 is 0 Å². The van der Waals surface area contributed by atoms with Crippen LogP contribution < -0.4 is 0 Å². The molecule has 0 spiro atoms. The fourth-order valence-electron chi connectivity index (χ4n) is 1.43. The molecule has 0 saturated heterocycles. The molecule has 1 aromatic carbocycles. The van der Waals surface area contributed by atoms with E-state index >= 15 is 0 Å². The van der Waals surface area contributed by atoms with Crippen LogP contribution in [0.4, 0.5) is 0 Å². The van der Waals surface area contributed by atoms with Gasteiger partial charge in [0.2, 0.25) is 10.0 Å². The SMILES string of the molecule is O=S(=O)(c1c(Cl)cccc1Cl)N(CCO)CCO. The number of hydrogen-bond acceptors (Lipinski definition) is 4. The van der Waals surface area contributed by atoms with E-state index < -0.39 is 10.0 Å². The summed E-state index contributed by atoms with van der Waals surface area (Å²) in [4.78, 5) is -0.213. The van der Waals surface area contributed by atoms with E-state index in [0.29, 0.717) is 0 Å². The Labute approximate surface area is 116 Å². The van der Waals surface area contributed by atoms with Crippen molar-refractivity contribution in [1.29, 1.82) is 0 Å². The zero-order chi connectivity index (χ0) is 13.8. The summed E-state index contributed by atoms with van der Waals surface area (Å²) in [5, 5.41) is 17.7. The normalized spacial score (nSPS) is 12.1. The number of nitrogens with zero attached hydrogens (tertiary/aromatic N) is 1. The van der Waals surface area contributed by atoms with E-state index in [-0.39, 0.29) is 41.2 Å². The van der Waals surface area contributed by atoms with E-state index in [1.54, 1.807) is 0 Å². The topological polar surface area (TPSA) is 77.8 Å². The molecule has 0 aliphatic rings. The lowest BCUT2D eigenvalue weighted by molar-refractivity contribution is 0.217. The van der Waals surface area contributed by atoms with E-state index in [1.807, 2.05) is 0 Å². The average Bonchev–Trinajstić information content (AvgIpc) is 2.28. The Morgan fingerprint density at radius 3 is 1.89 bits per heavy atom. The number of sulfonamides is 1. The van der Waals surface area contributed by atoms with Crippen LogP contribution in [0.15, 0.2) is 23.1 Å². The van der Waals surface area contributed by atoms with E-state index in [2.05, 4.69) is 0 Å². The maximum absolute atomic E-state index is 12.3. The van der Waals surface area contributed by atoms with Crippen LogP contribution in [0.2, 0.25) is 10.0 Å². The molecular weight excluding hydrogens is 301 g/mol. The maximum atomic E-state index is 12.3. The van der Waals surface area contributed by atoms with Gasteiger partial charge in [-0.05, 0) is 12.1 Å². The highest BCUT2D eigenvalue weighted by molar-refractivity contribution is 7.89. The molecule has 0 aliphatic carbocycles. The van der Waals surface area contributed by atoms with Gasteiger partial charge in [-0.15, -0.1) is 0 Å². The van der Waals surface area contributed by atoms with Crippen molar-refractivity contribution in [3.05, 3.63) is 28.2 Å². The fourth-order valence-corrected chi connectivity index (χ4v) is 3.95. The van der Waals surface area contributed by atoms with E-state index in [1.165, 1.54) is 18.2 Å². The summed E-state index contributed by atoms with van der Waals surface area (Å²) >= 11 is 11.7. The molecule has 0 unspecified atom stereocenters. The minimum atomic E-state index is -3.94. The van der Waals surface area contributed by atoms with Gasteiger partial charge in [-0.3, -0.25) is 0 Å². The van der Waals surface area contributed by atoms with Crippen molar-refractivity contribution in [2.24, 2.45) is 0 Å². The van der Waals surface area contributed by atoms with Crippen molar-refractivity contribution in [3.63, 3.8) is 0 Å². The van der Waals surface area contributed by atoms with Gasteiger partial charge in [-0.1, -0.05) is 29.3 Å². The third-order valence-corrected chi connectivity index (χ3v) is 5.07. The molecule has 2 N–H and O–H groups in total. The molecule has 1 aromatic rings. The molecule has 0 atom stereocenters. The first-order valence-corrected chi connectivity index (χ1v) is 7.30. The van der Waals surface area contributed by atoms with Crippen molar-refractivity contribution >= 4 is 33.2 Å². The summed E-state index contributed by atoms with van der Waals surface area (Å²) in [5.41, 5.74) is 0. The molecule has 0 bridgehead atoms. The number of aliphatic hydroxyl groups is 2. The van der Waals surface area contributed by atoms with Crippen LogP contribution in [-0.4, -0.2) is 49.2 Å². The lowest BCUT2D eigenvalue weighted by Gasteiger charge is -2.21. The Balaban J connectivity index is 3.26. The van der Waals surface area contributed by atoms with Gasteiger partial charge in [0, 0.05) is 13.1 Å². The summed E-state index contributed by atoms with van der Waals surface area (Å²) in [6, 6.07) is 4.36. The monoisotopic (exact) mass is 313 g/mol. The quantitative estimate of drug-likeness (QED) is 0.820. The van der Waals surface area contributed by atoms with Crippen LogP contribution in [0.1, 0.15) is 0 Å². The van der Waals surface area contributed by atoms with Crippen LogP contribution in [0.25, 0.3) is 0 Å². The highest BCUT2D eigenvalue weighted by Crippen LogP contribution is 2.31. The first-order chi connectivity index (χ1) is 8.45. The number of hydrogen-bond donors (Lipinski definition) is 2. The van der Waals surface area contributed by atoms with Gasteiger partial charge in [-0.25, -0.2) is 8.42 Å². The molecule has 0 saturated carbocycles. The molecule has 18 heavy (non-hydrogen) atoms. The van der Waals surface area contributed by atoms with Crippen LogP contribution in [0, 0.1) is 0 Å². The van der Waals surface area contributed by atoms with E-state index in [0.717, 1.165) is 4.31 Å². The summed E-state index contributed by atoms with van der Waals surface area (Å²) in [5.74, 6) is 0. The summed E-state index contributed by atoms with van der Waals surface area (Å²) < 4.78 is 25.5. The van der Waals surface area contributed by atoms with E-state index in [9.17, 15) is 8.42 Å². The molecule has 0 amide bonds. The summed E-state index contributed by atoms with van der Waals surface area (Å²) in [7, 11) is -3.94. The van der Waals surface area contributed by atoms with Gasteiger partial charge < -0.3 is 10.2 Å². The Morgan fingerprint density at radius 2 is 1.50 bits per heavy atom. The second-order valence-corrected chi connectivity index (χ2v) is 6.09. The van der Waals surface area contributed by atoms with Gasteiger partial charge in [0.1, 0.15) is 4.90 Å². The highest BCUT2D eigenvalue weighted by Gasteiger charge is 2.28. The van der Waals surface area contributed by atoms with Gasteiger partial charge in [-0.2, -0.15) is 4.31 Å². The van der Waals surface area contributed by atoms with Crippen LogP contribution in [0.3, 0.4) is 0 Å². The standard InChI is InChI=1S/C10H13Cl2NO4S/c11-8-2-1-3-9(12)10(8)18(16,17)13(4-6-14)5-7-15/h1-3,14-15H,4-7H2. The minimum Gasteiger partial charge on any atom is -0.395 e. The predicted octanol–water partition coefficient (Wildman–Crippen LogP) is 0.969. The first-order valence-electron chi connectivity index (χ1n) is 5.11. The molecule has 0 radical (unpaired) electrons. The average molecular weight is 314 g/mol. The number of halogens is 2. The molecule has 102 valence electrons. The Kier molecular flexibility index (Phi) is 5.84. The zero-order valence-electron chi connectivity index (χ0n) is 9.38. The lowest BCUT2D eigenvalue weighted by Crippen LogP contribution is -2.36. The number of benzene rings is 1. The second-order valence-electron chi connectivity index (χ2n) is 3.40. The summed E-state index contributed by atoms with van der Waals surface area (Å²) in [6.07, 6.45) is 0.